The number of aliphatic hydroxyl groups is 2. The molecule has 2 saturated heterocycles. The molecule has 2 aliphatic rings. The molecular weight excluding hydrogens is 538 g/mol. The van der Waals surface area contributed by atoms with Crippen molar-refractivity contribution >= 4 is 22.9 Å². The molecule has 14 heteroatoms. The molecule has 5 heterocycles. The molecule has 0 spiro atoms. The Morgan fingerprint density at radius 1 is 1.07 bits per heavy atom. The van der Waals surface area contributed by atoms with E-state index in [4.69, 9.17) is 14.7 Å². The van der Waals surface area contributed by atoms with Crippen molar-refractivity contribution in [3.05, 3.63) is 48.0 Å². The lowest BCUT2D eigenvalue weighted by molar-refractivity contribution is -0.0384. The van der Waals surface area contributed by atoms with E-state index in [0.29, 0.717) is 29.5 Å². The van der Waals surface area contributed by atoms with Crippen molar-refractivity contribution in [2.75, 3.05) is 23.7 Å². The zero-order chi connectivity index (χ0) is 29.2. The fourth-order valence-corrected chi connectivity index (χ4v) is 5.68. The van der Waals surface area contributed by atoms with Crippen LogP contribution in [-0.4, -0.2) is 92.2 Å². The van der Waals surface area contributed by atoms with Crippen LogP contribution in [0.15, 0.2) is 36.7 Å². The van der Waals surface area contributed by atoms with Crippen LogP contribution in [0.25, 0.3) is 11.2 Å². The van der Waals surface area contributed by atoms with E-state index in [1.165, 1.54) is 10.4 Å². The summed E-state index contributed by atoms with van der Waals surface area (Å²) >= 11 is 0. The van der Waals surface area contributed by atoms with Crippen LogP contribution in [0, 0.1) is 0 Å². The second kappa shape index (κ2) is 12.3. The van der Waals surface area contributed by atoms with E-state index in [9.17, 15) is 10.2 Å². The number of anilines is 2. The van der Waals surface area contributed by atoms with Gasteiger partial charge in [-0.1, -0.05) is 44.2 Å². The molecule has 3 aromatic heterocycles. The average molecular weight is 578 g/mol. The van der Waals surface area contributed by atoms with Gasteiger partial charge in [0.25, 0.3) is 0 Å². The van der Waals surface area contributed by atoms with Crippen LogP contribution < -0.4 is 10.6 Å². The van der Waals surface area contributed by atoms with Gasteiger partial charge in [0.1, 0.15) is 12.2 Å². The lowest BCUT2D eigenvalue weighted by Crippen LogP contribution is -2.29. The summed E-state index contributed by atoms with van der Waals surface area (Å²) in [5, 5.41) is 41.2. The average Bonchev–Trinajstić information content (AvgIpc) is 3.80. The summed E-state index contributed by atoms with van der Waals surface area (Å²) in [6, 6.07) is 10.9. The molecule has 0 aliphatic carbocycles. The number of aryl methyl sites for hydroxylation is 1. The minimum absolute atomic E-state index is 0.176. The Bertz CT molecular complexity index is 1470. The van der Waals surface area contributed by atoms with Gasteiger partial charge in [-0.3, -0.25) is 9.47 Å². The summed E-state index contributed by atoms with van der Waals surface area (Å²) in [5.41, 5.74) is 2.34. The Balaban J connectivity index is 1.27. The molecule has 5 atom stereocenters. The molecule has 4 aromatic rings. The number of ether oxygens (including phenoxy) is 1. The highest BCUT2D eigenvalue weighted by Crippen LogP contribution is 2.39. The van der Waals surface area contributed by atoms with Crippen molar-refractivity contribution in [2.24, 2.45) is 0 Å². The number of hydrogen-bond donors (Lipinski definition) is 4. The van der Waals surface area contributed by atoms with Crippen molar-refractivity contribution in [1.29, 1.82) is 0 Å². The van der Waals surface area contributed by atoms with E-state index in [-0.39, 0.29) is 17.9 Å². The maximum absolute atomic E-state index is 11.0. The highest BCUT2D eigenvalue weighted by atomic mass is 16.6. The second-order valence-electron chi connectivity index (χ2n) is 11.0. The van der Waals surface area contributed by atoms with E-state index in [1.54, 1.807) is 10.9 Å². The Hall–Kier alpha value is -3.72. The molecule has 0 bridgehead atoms. The summed E-state index contributed by atoms with van der Waals surface area (Å²) in [7, 11) is 0. The van der Waals surface area contributed by atoms with Crippen molar-refractivity contribution in [1.82, 2.24) is 44.6 Å². The van der Waals surface area contributed by atoms with Gasteiger partial charge in [-0.05, 0) is 37.0 Å². The number of hydrogen-bond acceptors (Lipinski definition) is 12. The first kappa shape index (κ1) is 28.4. The molecule has 0 radical (unpaired) electrons. The van der Waals surface area contributed by atoms with Crippen molar-refractivity contribution in [2.45, 2.75) is 89.7 Å². The molecule has 4 N–H and O–H groups in total. The van der Waals surface area contributed by atoms with Crippen LogP contribution in [-0.2, 0) is 17.8 Å². The third-order valence-corrected chi connectivity index (χ3v) is 8.12. The first-order valence-electron chi connectivity index (χ1n) is 14.8. The quantitative estimate of drug-likeness (QED) is 0.206. The molecule has 1 aromatic carbocycles. The van der Waals surface area contributed by atoms with Gasteiger partial charge >= 0.3 is 0 Å². The summed E-state index contributed by atoms with van der Waals surface area (Å²) < 4.78 is 7.77. The molecule has 0 saturated carbocycles. The number of likely N-dealkylation sites (tertiary alicyclic amines) is 1. The third-order valence-electron chi connectivity index (χ3n) is 8.12. The number of aromatic nitrogens is 8. The van der Waals surface area contributed by atoms with Gasteiger partial charge in [0, 0.05) is 31.7 Å². The summed E-state index contributed by atoms with van der Waals surface area (Å²) in [4.78, 5) is 18.1. The van der Waals surface area contributed by atoms with Crippen LogP contribution >= 0.6 is 0 Å². The Morgan fingerprint density at radius 2 is 1.88 bits per heavy atom. The minimum Gasteiger partial charge on any atom is -0.387 e. The van der Waals surface area contributed by atoms with Gasteiger partial charge in [-0.2, -0.15) is 14.8 Å². The van der Waals surface area contributed by atoms with Crippen molar-refractivity contribution < 1.29 is 14.9 Å². The van der Waals surface area contributed by atoms with E-state index in [2.05, 4.69) is 74.0 Å². The Kier molecular flexibility index (Phi) is 8.29. The standard InChI is InChI=1S/C28H39N11O3/c1-4-18(5-2)30-24-20-26(33-28(32-24)31-19-12-13-37(15-19)14-17-10-8-7-9-11-17)38(16-29-20)27-22(41)21(40)23(42-27)25-34-36-39(6-3)35-25/h7-11,16,18-19,21-23,27,40-41H,4-6,12-15H2,1-3H3,(H2,30,31,32,33)/t19?,21-,22+,23-,27+/m0/s1. The molecule has 1 unspecified atom stereocenters. The zero-order valence-corrected chi connectivity index (χ0v) is 24.2. The predicted octanol–water partition coefficient (Wildman–Crippen LogP) is 2.11. The summed E-state index contributed by atoms with van der Waals surface area (Å²) in [5.74, 6) is 1.30. The number of aliphatic hydroxyl groups excluding tert-OH is 2. The smallest absolute Gasteiger partial charge is 0.227 e. The van der Waals surface area contributed by atoms with Crippen LogP contribution in [0.3, 0.4) is 0 Å². The topological polar surface area (TPSA) is 164 Å². The first-order chi connectivity index (χ1) is 20.5. The number of rotatable bonds is 11. The monoisotopic (exact) mass is 577 g/mol. The number of nitrogens with one attached hydrogen (secondary N) is 2. The van der Waals surface area contributed by atoms with Crippen molar-refractivity contribution in [3.63, 3.8) is 0 Å². The van der Waals surface area contributed by atoms with Crippen LogP contribution in [0.4, 0.5) is 11.8 Å². The number of benzene rings is 1. The van der Waals surface area contributed by atoms with E-state index in [0.717, 1.165) is 38.9 Å². The minimum atomic E-state index is -1.26. The van der Waals surface area contributed by atoms with E-state index < -0.39 is 24.5 Å². The van der Waals surface area contributed by atoms with E-state index in [1.807, 2.05) is 13.0 Å². The fraction of sp³-hybridized carbons (Fsp3) is 0.571. The van der Waals surface area contributed by atoms with Crippen molar-refractivity contribution in [3.8, 4) is 0 Å². The molecule has 6 rings (SSSR count). The SMILES string of the molecule is CCC(CC)Nc1nc(NC2CCN(Cc3ccccc3)C2)nc2c1ncn2[C@@H]1O[C@H](c2nnn(CC)n2)[C@@H](O)[C@H]1O. The van der Waals surface area contributed by atoms with Crippen LogP contribution in [0.1, 0.15) is 63.8 Å². The van der Waals surface area contributed by atoms with E-state index >= 15 is 0 Å². The number of imidazole rings is 1. The van der Waals surface area contributed by atoms with Gasteiger partial charge in [0.15, 0.2) is 29.3 Å². The Morgan fingerprint density at radius 3 is 2.62 bits per heavy atom. The first-order valence-corrected chi connectivity index (χ1v) is 14.8. The molecule has 224 valence electrons. The lowest BCUT2D eigenvalue weighted by Gasteiger charge is -2.20. The summed E-state index contributed by atoms with van der Waals surface area (Å²) in [6.07, 6.45) is -0.0385. The molecule has 2 fully saturated rings. The third kappa shape index (κ3) is 5.67. The van der Waals surface area contributed by atoms with Crippen LogP contribution in [0.5, 0.6) is 0 Å². The number of fused-ring (bicyclic) bond motifs is 1. The largest absolute Gasteiger partial charge is 0.387 e. The van der Waals surface area contributed by atoms with Gasteiger partial charge in [0.2, 0.25) is 11.8 Å². The highest BCUT2D eigenvalue weighted by Gasteiger charge is 2.47. The number of tetrazole rings is 1. The number of nitrogens with zero attached hydrogens (tertiary/aromatic N) is 9. The molecule has 2 aliphatic heterocycles. The lowest BCUT2D eigenvalue weighted by atomic mass is 10.1. The predicted molar refractivity (Wildman–Crippen MR) is 155 cm³/mol. The maximum Gasteiger partial charge on any atom is 0.227 e. The Labute approximate surface area is 244 Å². The molecular formula is C28H39N11O3. The molecule has 0 amide bonds. The van der Waals surface area contributed by atoms with Gasteiger partial charge < -0.3 is 25.6 Å². The molecule has 14 nitrogen and oxygen atoms in total. The fourth-order valence-electron chi connectivity index (χ4n) is 5.68. The van der Waals surface area contributed by atoms with Gasteiger partial charge in [0.05, 0.1) is 12.9 Å². The van der Waals surface area contributed by atoms with Crippen LogP contribution in [0.2, 0.25) is 0 Å². The van der Waals surface area contributed by atoms with Gasteiger partial charge in [-0.25, -0.2) is 4.98 Å². The normalized spacial score (nSPS) is 24.7. The highest BCUT2D eigenvalue weighted by molar-refractivity contribution is 5.84. The zero-order valence-electron chi connectivity index (χ0n) is 24.2. The van der Waals surface area contributed by atoms with Gasteiger partial charge in [-0.15, -0.1) is 10.2 Å². The maximum atomic E-state index is 11.0. The molecule has 42 heavy (non-hydrogen) atoms. The summed E-state index contributed by atoms with van der Waals surface area (Å²) in [6.45, 7) is 9.41. The second-order valence-corrected chi connectivity index (χ2v) is 11.0.